The molecular weight excluding hydrogens is 244 g/mol. The quantitative estimate of drug-likeness (QED) is 0.770. The predicted molar refractivity (Wildman–Crippen MR) is 57.5 cm³/mol. The van der Waals surface area contributed by atoms with Crippen molar-refractivity contribution in [3.8, 4) is 5.75 Å². The van der Waals surface area contributed by atoms with Gasteiger partial charge < -0.3 is 4.74 Å². The van der Waals surface area contributed by atoms with Gasteiger partial charge in [0.25, 0.3) is 0 Å². The van der Waals surface area contributed by atoms with Gasteiger partial charge in [-0.15, -0.1) is 0 Å². The van der Waals surface area contributed by atoms with E-state index in [0.29, 0.717) is 6.61 Å². The van der Waals surface area contributed by atoms with Gasteiger partial charge in [0.15, 0.2) is 0 Å². The van der Waals surface area contributed by atoms with E-state index in [-0.39, 0.29) is 11.7 Å². The average Bonchev–Trinajstić information content (AvgIpc) is 2.16. The first kappa shape index (κ1) is 9.71. The maximum absolute atomic E-state index is 11.2. The van der Waals surface area contributed by atoms with E-state index in [1.165, 1.54) is 0 Å². The van der Waals surface area contributed by atoms with Crippen LogP contribution in [0.4, 0.5) is 0 Å². The van der Waals surface area contributed by atoms with Crippen LogP contribution in [0.3, 0.4) is 0 Å². The highest BCUT2D eigenvalue weighted by Crippen LogP contribution is 2.30. The van der Waals surface area contributed by atoms with E-state index < -0.39 is 0 Å². The summed E-state index contributed by atoms with van der Waals surface area (Å²) in [6.45, 7) is 2.14. The highest BCUT2D eigenvalue weighted by Gasteiger charge is 2.23. The van der Waals surface area contributed by atoms with Crippen LogP contribution in [-0.4, -0.2) is 12.4 Å². The van der Waals surface area contributed by atoms with Crippen LogP contribution in [-0.2, 0) is 11.2 Å². The Bertz CT molecular complexity index is 374. The highest BCUT2D eigenvalue weighted by atomic mass is 79.9. The highest BCUT2D eigenvalue weighted by molar-refractivity contribution is 9.10. The van der Waals surface area contributed by atoms with Crippen molar-refractivity contribution in [3.05, 3.63) is 28.2 Å². The second-order valence-corrected chi connectivity index (χ2v) is 4.49. The van der Waals surface area contributed by atoms with Gasteiger partial charge >= 0.3 is 0 Å². The van der Waals surface area contributed by atoms with Gasteiger partial charge in [-0.05, 0) is 37.1 Å². The van der Waals surface area contributed by atoms with Gasteiger partial charge in [-0.3, -0.25) is 4.79 Å². The number of benzene rings is 1. The van der Waals surface area contributed by atoms with Crippen LogP contribution in [0.25, 0.3) is 0 Å². The first-order valence-corrected chi connectivity index (χ1v) is 5.38. The number of ether oxygens (including phenoxy) is 1. The fourth-order valence-electron chi connectivity index (χ4n) is 1.62. The lowest BCUT2D eigenvalue weighted by Crippen LogP contribution is -2.26. The zero-order valence-corrected chi connectivity index (χ0v) is 9.50. The molecule has 0 bridgehead atoms. The largest absolute Gasteiger partial charge is 0.493 e. The SMILES string of the molecule is CC(=O)C1COc2ccc(Br)cc2C1. The number of rotatable bonds is 1. The van der Waals surface area contributed by atoms with Crippen LogP contribution in [0.2, 0.25) is 0 Å². The lowest BCUT2D eigenvalue weighted by molar-refractivity contribution is -0.121. The maximum Gasteiger partial charge on any atom is 0.136 e. The molecule has 0 amide bonds. The topological polar surface area (TPSA) is 26.3 Å². The van der Waals surface area contributed by atoms with Crippen molar-refractivity contribution in [1.29, 1.82) is 0 Å². The molecule has 0 aliphatic carbocycles. The second kappa shape index (κ2) is 3.73. The van der Waals surface area contributed by atoms with Gasteiger partial charge in [0.1, 0.15) is 11.5 Å². The third-order valence-corrected chi connectivity index (χ3v) is 3.00. The molecule has 14 heavy (non-hydrogen) atoms. The van der Waals surface area contributed by atoms with E-state index in [1.807, 2.05) is 18.2 Å². The van der Waals surface area contributed by atoms with Crippen molar-refractivity contribution < 1.29 is 9.53 Å². The molecule has 74 valence electrons. The molecule has 1 heterocycles. The van der Waals surface area contributed by atoms with Crippen molar-refractivity contribution in [3.63, 3.8) is 0 Å². The normalized spacial score (nSPS) is 19.7. The van der Waals surface area contributed by atoms with Gasteiger partial charge in [-0.1, -0.05) is 15.9 Å². The van der Waals surface area contributed by atoms with Crippen molar-refractivity contribution in [2.75, 3.05) is 6.61 Å². The Hall–Kier alpha value is -0.830. The van der Waals surface area contributed by atoms with E-state index >= 15 is 0 Å². The van der Waals surface area contributed by atoms with Crippen LogP contribution in [0, 0.1) is 5.92 Å². The summed E-state index contributed by atoms with van der Waals surface area (Å²) < 4.78 is 6.54. The van der Waals surface area contributed by atoms with Gasteiger partial charge in [0.2, 0.25) is 0 Å². The minimum Gasteiger partial charge on any atom is -0.493 e. The number of hydrogen-bond donors (Lipinski definition) is 0. The summed E-state index contributed by atoms with van der Waals surface area (Å²) in [4.78, 5) is 11.2. The van der Waals surface area contributed by atoms with Gasteiger partial charge in [0.05, 0.1) is 12.5 Å². The monoisotopic (exact) mass is 254 g/mol. The molecule has 0 spiro atoms. The van der Waals surface area contributed by atoms with Crippen molar-refractivity contribution in [2.45, 2.75) is 13.3 Å². The molecule has 0 radical (unpaired) electrons. The number of halogens is 1. The molecule has 3 heteroatoms. The van der Waals surface area contributed by atoms with E-state index in [1.54, 1.807) is 6.92 Å². The second-order valence-electron chi connectivity index (χ2n) is 3.57. The lowest BCUT2D eigenvalue weighted by Gasteiger charge is -2.23. The molecule has 2 nitrogen and oxygen atoms in total. The zero-order valence-electron chi connectivity index (χ0n) is 7.92. The number of fused-ring (bicyclic) bond motifs is 1. The number of Topliss-reactive ketones (excluding diaryl/α,β-unsaturated/α-hetero) is 1. The van der Waals surface area contributed by atoms with E-state index in [4.69, 9.17) is 4.74 Å². The average molecular weight is 255 g/mol. The van der Waals surface area contributed by atoms with E-state index in [9.17, 15) is 4.79 Å². The van der Waals surface area contributed by atoms with Gasteiger partial charge in [-0.25, -0.2) is 0 Å². The summed E-state index contributed by atoms with van der Waals surface area (Å²) in [6.07, 6.45) is 0.796. The van der Waals surface area contributed by atoms with Crippen molar-refractivity contribution in [1.82, 2.24) is 0 Å². The summed E-state index contributed by atoms with van der Waals surface area (Å²) in [5.74, 6) is 1.14. The molecule has 0 saturated heterocycles. The first-order chi connectivity index (χ1) is 6.66. The third-order valence-electron chi connectivity index (χ3n) is 2.50. The van der Waals surface area contributed by atoms with Crippen LogP contribution in [0.5, 0.6) is 5.75 Å². The Balaban J connectivity index is 2.29. The number of carbonyl (C=O) groups excluding carboxylic acids is 1. The van der Waals surface area contributed by atoms with Crippen LogP contribution in [0.15, 0.2) is 22.7 Å². The van der Waals surface area contributed by atoms with Crippen molar-refractivity contribution >= 4 is 21.7 Å². The Morgan fingerprint density at radius 1 is 1.57 bits per heavy atom. The minimum absolute atomic E-state index is 0.0248. The molecule has 1 unspecified atom stereocenters. The smallest absolute Gasteiger partial charge is 0.136 e. The van der Waals surface area contributed by atoms with Gasteiger partial charge in [-0.2, -0.15) is 0 Å². The van der Waals surface area contributed by atoms with Crippen LogP contribution < -0.4 is 4.74 Å². The molecule has 1 aliphatic heterocycles. The summed E-state index contributed by atoms with van der Waals surface area (Å²) in [5, 5.41) is 0. The van der Waals surface area contributed by atoms with Crippen LogP contribution in [0.1, 0.15) is 12.5 Å². The molecule has 1 aliphatic rings. The van der Waals surface area contributed by atoms with E-state index in [2.05, 4.69) is 15.9 Å². The van der Waals surface area contributed by atoms with Crippen LogP contribution >= 0.6 is 15.9 Å². The summed E-state index contributed by atoms with van der Waals surface area (Å²) in [7, 11) is 0. The van der Waals surface area contributed by atoms with Crippen molar-refractivity contribution in [2.24, 2.45) is 5.92 Å². The number of ketones is 1. The summed E-state index contributed by atoms with van der Waals surface area (Å²) >= 11 is 3.41. The molecular formula is C11H11BrO2. The Kier molecular flexibility index (Phi) is 2.59. The molecule has 1 atom stereocenters. The standard InChI is InChI=1S/C11H11BrO2/c1-7(13)9-4-8-5-10(12)2-3-11(8)14-6-9/h2-3,5,9H,4,6H2,1H3. The molecule has 1 aromatic carbocycles. The molecule has 2 rings (SSSR count). The molecule has 0 saturated carbocycles. The number of carbonyl (C=O) groups is 1. The minimum atomic E-state index is 0.0248. The Labute approximate surface area is 91.4 Å². The molecule has 0 fully saturated rings. The summed E-state index contributed by atoms with van der Waals surface area (Å²) in [6, 6.07) is 5.91. The number of hydrogen-bond acceptors (Lipinski definition) is 2. The van der Waals surface area contributed by atoms with Gasteiger partial charge in [0, 0.05) is 4.47 Å². The third kappa shape index (κ3) is 1.82. The van der Waals surface area contributed by atoms with E-state index in [0.717, 1.165) is 22.2 Å². The molecule has 0 aromatic heterocycles. The Morgan fingerprint density at radius 3 is 3.07 bits per heavy atom. The predicted octanol–water partition coefficient (Wildman–Crippen LogP) is 2.59. The zero-order chi connectivity index (χ0) is 10.1. The molecule has 1 aromatic rings. The fourth-order valence-corrected chi connectivity index (χ4v) is 2.03. The summed E-state index contributed by atoms with van der Waals surface area (Å²) in [5.41, 5.74) is 1.12. The Morgan fingerprint density at radius 2 is 2.36 bits per heavy atom. The maximum atomic E-state index is 11.2. The molecule has 0 N–H and O–H groups in total. The first-order valence-electron chi connectivity index (χ1n) is 4.58. The lowest BCUT2D eigenvalue weighted by atomic mass is 9.94. The fraction of sp³-hybridized carbons (Fsp3) is 0.364.